The van der Waals surface area contributed by atoms with E-state index < -0.39 is 0 Å². The average Bonchev–Trinajstić information content (AvgIpc) is 2.68. The molecule has 2 heterocycles. The van der Waals surface area contributed by atoms with E-state index in [1.165, 1.54) is 0 Å². The molecule has 0 bridgehead atoms. The highest BCUT2D eigenvalue weighted by atomic mass is 16.5. The molecule has 1 N–H and O–H groups in total. The second-order valence-corrected chi connectivity index (χ2v) is 3.77. The maximum Gasteiger partial charge on any atom is 0.128 e. The number of aryl methyl sites for hydroxylation is 1. The zero-order valence-corrected chi connectivity index (χ0v) is 9.25. The smallest absolute Gasteiger partial charge is 0.128 e. The number of furan rings is 1. The number of hydrogen-bond acceptors (Lipinski definition) is 3. The van der Waals surface area contributed by atoms with Gasteiger partial charge in [0.25, 0.3) is 0 Å². The Morgan fingerprint density at radius 1 is 1.40 bits per heavy atom. The first kappa shape index (κ1) is 10.3. The lowest BCUT2D eigenvalue weighted by Crippen LogP contribution is -2.21. The predicted octanol–water partition coefficient (Wildman–Crippen LogP) is 2.54. The third kappa shape index (κ3) is 2.23. The predicted molar refractivity (Wildman–Crippen MR) is 58.5 cm³/mol. The van der Waals surface area contributed by atoms with E-state index in [1.54, 1.807) is 0 Å². The van der Waals surface area contributed by atoms with E-state index in [1.807, 2.05) is 26.1 Å². The van der Waals surface area contributed by atoms with Gasteiger partial charge in [-0.1, -0.05) is 0 Å². The van der Waals surface area contributed by atoms with E-state index in [0.717, 1.165) is 36.7 Å². The number of likely N-dealkylation sites (N-methyl/N-ethyl adjacent to an activating group) is 1. The molecule has 2 rings (SSSR count). The van der Waals surface area contributed by atoms with Gasteiger partial charge in [-0.15, -0.1) is 0 Å². The van der Waals surface area contributed by atoms with Crippen LogP contribution in [0.5, 0.6) is 0 Å². The Kier molecular flexibility index (Phi) is 3.11. The zero-order chi connectivity index (χ0) is 10.7. The highest BCUT2D eigenvalue weighted by Gasteiger charge is 2.20. The van der Waals surface area contributed by atoms with Crippen molar-refractivity contribution in [2.75, 3.05) is 13.7 Å². The Morgan fingerprint density at radius 2 is 2.27 bits per heavy atom. The van der Waals surface area contributed by atoms with Crippen LogP contribution in [-0.2, 0) is 4.74 Å². The van der Waals surface area contributed by atoms with E-state index >= 15 is 0 Å². The molecule has 3 heteroatoms. The van der Waals surface area contributed by atoms with Gasteiger partial charge in [0.1, 0.15) is 23.3 Å². The number of ether oxygens (including phenoxy) is 1. The van der Waals surface area contributed by atoms with E-state index in [2.05, 4.69) is 11.4 Å². The van der Waals surface area contributed by atoms with E-state index in [0.29, 0.717) is 0 Å². The molecule has 0 fully saturated rings. The molecule has 15 heavy (non-hydrogen) atoms. The molecular formula is C12H17NO2. The van der Waals surface area contributed by atoms with Crippen LogP contribution in [-0.4, -0.2) is 13.7 Å². The van der Waals surface area contributed by atoms with Crippen molar-refractivity contribution in [3.05, 3.63) is 35.5 Å². The Morgan fingerprint density at radius 3 is 2.80 bits per heavy atom. The molecule has 0 saturated carbocycles. The van der Waals surface area contributed by atoms with Crippen LogP contribution in [0.15, 0.2) is 28.4 Å². The van der Waals surface area contributed by atoms with Crippen LogP contribution in [0, 0.1) is 6.92 Å². The van der Waals surface area contributed by atoms with Crippen molar-refractivity contribution in [1.29, 1.82) is 0 Å². The summed E-state index contributed by atoms with van der Waals surface area (Å²) in [6, 6.07) is 4.03. The quantitative estimate of drug-likeness (QED) is 0.827. The topological polar surface area (TPSA) is 34.4 Å². The first-order valence-electron chi connectivity index (χ1n) is 5.37. The summed E-state index contributed by atoms with van der Waals surface area (Å²) in [6.45, 7) is 2.76. The molecule has 0 spiro atoms. The Balaban J connectivity index is 2.19. The summed E-state index contributed by atoms with van der Waals surface area (Å²) >= 11 is 0. The minimum absolute atomic E-state index is 0.0546. The zero-order valence-electron chi connectivity index (χ0n) is 9.25. The Bertz CT molecular complexity index is 354. The summed E-state index contributed by atoms with van der Waals surface area (Å²) < 4.78 is 11.2. The van der Waals surface area contributed by atoms with Crippen LogP contribution in [0.3, 0.4) is 0 Å². The summed E-state index contributed by atoms with van der Waals surface area (Å²) in [4.78, 5) is 0. The average molecular weight is 207 g/mol. The summed E-state index contributed by atoms with van der Waals surface area (Å²) in [7, 11) is 1.92. The molecule has 1 aliphatic rings. The maximum absolute atomic E-state index is 5.63. The minimum Gasteiger partial charge on any atom is -0.496 e. The first-order valence-corrected chi connectivity index (χ1v) is 5.37. The van der Waals surface area contributed by atoms with E-state index in [4.69, 9.17) is 9.15 Å². The van der Waals surface area contributed by atoms with Gasteiger partial charge in [-0.05, 0) is 45.0 Å². The van der Waals surface area contributed by atoms with Gasteiger partial charge in [-0.3, -0.25) is 0 Å². The number of hydrogen-bond donors (Lipinski definition) is 1. The van der Waals surface area contributed by atoms with Gasteiger partial charge in [0.2, 0.25) is 0 Å². The Hall–Kier alpha value is -1.22. The molecule has 1 atom stereocenters. The monoisotopic (exact) mass is 207 g/mol. The molecule has 1 unspecified atom stereocenters. The molecule has 0 saturated heterocycles. The fourth-order valence-electron chi connectivity index (χ4n) is 1.81. The van der Waals surface area contributed by atoms with Crippen LogP contribution < -0.4 is 5.32 Å². The second kappa shape index (κ2) is 4.53. The number of allylic oxidation sites excluding steroid dienone is 1. The van der Waals surface area contributed by atoms with Gasteiger partial charge in [0.15, 0.2) is 0 Å². The lowest BCUT2D eigenvalue weighted by molar-refractivity contribution is 0.163. The minimum atomic E-state index is 0.0546. The molecule has 1 aromatic rings. The summed E-state index contributed by atoms with van der Waals surface area (Å²) in [6.07, 6.45) is 4.34. The fraction of sp³-hybridized carbons (Fsp3) is 0.500. The van der Waals surface area contributed by atoms with Crippen molar-refractivity contribution in [2.24, 2.45) is 0 Å². The largest absolute Gasteiger partial charge is 0.496 e. The van der Waals surface area contributed by atoms with Crippen molar-refractivity contribution in [3.8, 4) is 0 Å². The standard InChI is InChI=1S/C12H17NO2/c1-9-6-7-11(15-9)12(13-2)10-5-3-4-8-14-10/h5-7,12-13H,3-4,8H2,1-2H3. The van der Waals surface area contributed by atoms with E-state index in [-0.39, 0.29) is 6.04 Å². The van der Waals surface area contributed by atoms with Gasteiger partial charge < -0.3 is 14.5 Å². The number of nitrogens with one attached hydrogen (secondary N) is 1. The van der Waals surface area contributed by atoms with Crippen molar-refractivity contribution >= 4 is 0 Å². The van der Waals surface area contributed by atoms with Crippen molar-refractivity contribution < 1.29 is 9.15 Å². The van der Waals surface area contributed by atoms with Gasteiger partial charge in [0, 0.05) is 0 Å². The third-order valence-electron chi connectivity index (χ3n) is 2.58. The normalized spacial score (nSPS) is 18.1. The first-order chi connectivity index (χ1) is 7.31. The van der Waals surface area contributed by atoms with E-state index in [9.17, 15) is 0 Å². The maximum atomic E-state index is 5.63. The van der Waals surface area contributed by atoms with Crippen molar-refractivity contribution in [3.63, 3.8) is 0 Å². The molecule has 1 aliphatic heterocycles. The summed E-state index contributed by atoms with van der Waals surface area (Å²) in [5.41, 5.74) is 0. The molecule has 3 nitrogen and oxygen atoms in total. The lowest BCUT2D eigenvalue weighted by Gasteiger charge is -2.21. The SMILES string of the molecule is CNC(C1=CCCCO1)c1ccc(C)o1. The molecular weight excluding hydrogens is 190 g/mol. The second-order valence-electron chi connectivity index (χ2n) is 3.77. The van der Waals surface area contributed by atoms with Crippen LogP contribution >= 0.6 is 0 Å². The third-order valence-corrected chi connectivity index (χ3v) is 2.58. The summed E-state index contributed by atoms with van der Waals surface area (Å²) in [5, 5.41) is 3.21. The molecule has 0 radical (unpaired) electrons. The number of rotatable bonds is 3. The van der Waals surface area contributed by atoms with Crippen molar-refractivity contribution in [1.82, 2.24) is 5.32 Å². The molecule has 82 valence electrons. The summed E-state index contributed by atoms with van der Waals surface area (Å²) in [5.74, 6) is 2.84. The van der Waals surface area contributed by atoms with Crippen LogP contribution in [0.25, 0.3) is 0 Å². The molecule has 0 aliphatic carbocycles. The van der Waals surface area contributed by atoms with Crippen molar-refractivity contribution in [2.45, 2.75) is 25.8 Å². The van der Waals surface area contributed by atoms with Crippen LogP contribution in [0.4, 0.5) is 0 Å². The Labute approximate surface area is 90.1 Å². The van der Waals surface area contributed by atoms with Gasteiger partial charge in [0.05, 0.1) is 6.61 Å². The van der Waals surface area contributed by atoms with Gasteiger partial charge >= 0.3 is 0 Å². The molecule has 0 aromatic carbocycles. The lowest BCUT2D eigenvalue weighted by atomic mass is 10.1. The van der Waals surface area contributed by atoms with Crippen LogP contribution in [0.2, 0.25) is 0 Å². The highest BCUT2D eigenvalue weighted by molar-refractivity contribution is 5.19. The fourth-order valence-corrected chi connectivity index (χ4v) is 1.81. The van der Waals surface area contributed by atoms with Gasteiger partial charge in [-0.2, -0.15) is 0 Å². The van der Waals surface area contributed by atoms with Gasteiger partial charge in [-0.25, -0.2) is 0 Å². The molecule has 0 amide bonds. The van der Waals surface area contributed by atoms with Crippen LogP contribution in [0.1, 0.15) is 30.4 Å². The molecule has 1 aromatic heterocycles. The highest BCUT2D eigenvalue weighted by Crippen LogP contribution is 2.26.